The summed E-state index contributed by atoms with van der Waals surface area (Å²) in [5.74, 6) is 3.68. The van der Waals surface area contributed by atoms with Gasteiger partial charge in [0, 0.05) is 13.1 Å². The van der Waals surface area contributed by atoms with E-state index in [1.54, 1.807) is 13.4 Å². The van der Waals surface area contributed by atoms with Crippen LogP contribution in [0.25, 0.3) is 0 Å². The summed E-state index contributed by atoms with van der Waals surface area (Å²) in [5.41, 5.74) is 0. The van der Waals surface area contributed by atoms with Crippen LogP contribution in [0.5, 0.6) is 5.75 Å². The van der Waals surface area contributed by atoms with Gasteiger partial charge in [-0.05, 0) is 31.1 Å². The van der Waals surface area contributed by atoms with Gasteiger partial charge in [-0.3, -0.25) is 0 Å². The Morgan fingerprint density at radius 1 is 1.21 bits per heavy atom. The molecule has 0 radical (unpaired) electrons. The van der Waals surface area contributed by atoms with Gasteiger partial charge < -0.3 is 15.4 Å². The first kappa shape index (κ1) is 13.9. The summed E-state index contributed by atoms with van der Waals surface area (Å²) in [7, 11) is 3.48. The van der Waals surface area contributed by atoms with E-state index in [2.05, 4.69) is 34.4 Å². The maximum atomic E-state index is 5.42. The summed E-state index contributed by atoms with van der Waals surface area (Å²) in [6, 6.07) is 0.463. The molecule has 0 aromatic carbocycles. The standard InChI is InChI=1S/C14H24N4O/c1-9-5-6-11(10(2)7-9)18-14-12(19-4)13(15-3)16-8-17-14/h8-11H,5-7H2,1-4H3,(H2,15,16,17,18). The molecule has 2 rings (SSSR count). The molecule has 1 aliphatic rings. The largest absolute Gasteiger partial charge is 0.490 e. The molecule has 3 unspecified atom stereocenters. The van der Waals surface area contributed by atoms with Crippen LogP contribution in [0.1, 0.15) is 33.1 Å². The highest BCUT2D eigenvalue weighted by Crippen LogP contribution is 2.34. The smallest absolute Gasteiger partial charge is 0.204 e. The number of aromatic nitrogens is 2. The van der Waals surface area contributed by atoms with E-state index < -0.39 is 0 Å². The van der Waals surface area contributed by atoms with Crippen LogP contribution in [0, 0.1) is 11.8 Å². The van der Waals surface area contributed by atoms with Crippen LogP contribution in [0.15, 0.2) is 6.33 Å². The summed E-state index contributed by atoms with van der Waals surface area (Å²) in [6.07, 6.45) is 5.29. The lowest BCUT2D eigenvalue weighted by Crippen LogP contribution is -2.33. The van der Waals surface area contributed by atoms with Crippen molar-refractivity contribution in [2.45, 2.75) is 39.2 Å². The van der Waals surface area contributed by atoms with Gasteiger partial charge in [-0.25, -0.2) is 9.97 Å². The van der Waals surface area contributed by atoms with E-state index in [1.165, 1.54) is 19.3 Å². The first-order valence-corrected chi connectivity index (χ1v) is 6.99. The molecule has 1 saturated carbocycles. The Kier molecular flexibility index (Phi) is 4.45. The molecule has 1 heterocycles. The van der Waals surface area contributed by atoms with Crippen LogP contribution in [-0.4, -0.2) is 30.2 Å². The van der Waals surface area contributed by atoms with Gasteiger partial charge in [0.2, 0.25) is 5.75 Å². The number of hydrogen-bond donors (Lipinski definition) is 2. The average molecular weight is 264 g/mol. The van der Waals surface area contributed by atoms with Gasteiger partial charge in [-0.2, -0.15) is 0 Å². The first-order chi connectivity index (χ1) is 9.15. The van der Waals surface area contributed by atoms with Crippen LogP contribution >= 0.6 is 0 Å². The van der Waals surface area contributed by atoms with Crippen molar-refractivity contribution in [1.82, 2.24) is 9.97 Å². The van der Waals surface area contributed by atoms with Crippen LogP contribution in [0.3, 0.4) is 0 Å². The molecule has 0 bridgehead atoms. The van der Waals surface area contributed by atoms with E-state index in [4.69, 9.17) is 4.74 Å². The minimum atomic E-state index is 0.463. The molecule has 1 aliphatic carbocycles. The highest BCUT2D eigenvalue weighted by Gasteiger charge is 2.26. The van der Waals surface area contributed by atoms with Gasteiger partial charge in [0.25, 0.3) is 0 Å². The number of methoxy groups -OCH3 is 1. The number of nitrogens with one attached hydrogen (secondary N) is 2. The van der Waals surface area contributed by atoms with Crippen molar-refractivity contribution in [3.63, 3.8) is 0 Å². The van der Waals surface area contributed by atoms with Crippen molar-refractivity contribution in [3.05, 3.63) is 6.33 Å². The van der Waals surface area contributed by atoms with Gasteiger partial charge in [0.05, 0.1) is 7.11 Å². The van der Waals surface area contributed by atoms with Gasteiger partial charge >= 0.3 is 0 Å². The van der Waals surface area contributed by atoms with E-state index in [0.717, 1.165) is 17.6 Å². The van der Waals surface area contributed by atoms with E-state index in [9.17, 15) is 0 Å². The van der Waals surface area contributed by atoms with E-state index in [-0.39, 0.29) is 0 Å². The van der Waals surface area contributed by atoms with Gasteiger partial charge in [-0.15, -0.1) is 0 Å². The number of hydrogen-bond acceptors (Lipinski definition) is 5. The van der Waals surface area contributed by atoms with Crippen molar-refractivity contribution < 1.29 is 4.74 Å². The molecule has 106 valence electrons. The van der Waals surface area contributed by atoms with Crippen molar-refractivity contribution in [2.24, 2.45) is 11.8 Å². The Balaban J connectivity index is 2.14. The molecule has 3 atom stereocenters. The second kappa shape index (κ2) is 6.08. The zero-order valence-corrected chi connectivity index (χ0v) is 12.2. The third kappa shape index (κ3) is 3.08. The van der Waals surface area contributed by atoms with Gasteiger partial charge in [0.1, 0.15) is 6.33 Å². The summed E-state index contributed by atoms with van der Waals surface area (Å²) < 4.78 is 5.42. The highest BCUT2D eigenvalue weighted by molar-refractivity contribution is 5.63. The number of ether oxygens (including phenoxy) is 1. The molecule has 1 aromatic heterocycles. The number of rotatable bonds is 4. The normalized spacial score (nSPS) is 26.8. The Bertz CT molecular complexity index is 424. The van der Waals surface area contributed by atoms with E-state index in [1.807, 2.05) is 7.05 Å². The third-order valence-corrected chi connectivity index (χ3v) is 4.00. The fraction of sp³-hybridized carbons (Fsp3) is 0.714. The highest BCUT2D eigenvalue weighted by atomic mass is 16.5. The van der Waals surface area contributed by atoms with Crippen molar-refractivity contribution in [3.8, 4) is 5.75 Å². The molecule has 0 aliphatic heterocycles. The maximum absolute atomic E-state index is 5.42. The second-order valence-corrected chi connectivity index (χ2v) is 5.50. The molecule has 0 amide bonds. The van der Waals surface area contributed by atoms with Crippen molar-refractivity contribution in [1.29, 1.82) is 0 Å². The Labute approximate surface area is 115 Å². The minimum Gasteiger partial charge on any atom is -0.490 e. The zero-order chi connectivity index (χ0) is 13.8. The van der Waals surface area contributed by atoms with Crippen LogP contribution < -0.4 is 15.4 Å². The monoisotopic (exact) mass is 264 g/mol. The van der Waals surface area contributed by atoms with Crippen LogP contribution in [0.2, 0.25) is 0 Å². The molecule has 0 saturated heterocycles. The molecule has 5 heteroatoms. The van der Waals surface area contributed by atoms with Crippen molar-refractivity contribution >= 4 is 11.6 Å². The Hall–Kier alpha value is -1.52. The lowest BCUT2D eigenvalue weighted by atomic mass is 9.80. The minimum absolute atomic E-state index is 0.463. The molecule has 1 fully saturated rings. The number of anilines is 2. The summed E-state index contributed by atoms with van der Waals surface area (Å²) >= 11 is 0. The molecule has 0 spiro atoms. The SMILES string of the molecule is CNc1ncnc(NC2CCC(C)CC2C)c1OC. The topological polar surface area (TPSA) is 59.1 Å². The molecule has 5 nitrogen and oxygen atoms in total. The molecule has 2 N–H and O–H groups in total. The third-order valence-electron chi connectivity index (χ3n) is 4.00. The lowest BCUT2D eigenvalue weighted by molar-refractivity contribution is 0.275. The van der Waals surface area contributed by atoms with E-state index in [0.29, 0.717) is 17.7 Å². The van der Waals surface area contributed by atoms with Gasteiger partial charge in [0.15, 0.2) is 11.6 Å². The molecular formula is C14H24N4O. The average Bonchev–Trinajstić information content (AvgIpc) is 2.41. The lowest BCUT2D eigenvalue weighted by Gasteiger charge is -2.33. The second-order valence-electron chi connectivity index (χ2n) is 5.50. The quantitative estimate of drug-likeness (QED) is 0.875. The summed E-state index contributed by atoms with van der Waals surface area (Å²) in [4.78, 5) is 8.48. The van der Waals surface area contributed by atoms with Crippen LogP contribution in [-0.2, 0) is 0 Å². The molecule has 1 aromatic rings. The first-order valence-electron chi connectivity index (χ1n) is 6.99. The van der Waals surface area contributed by atoms with Crippen molar-refractivity contribution in [2.75, 3.05) is 24.8 Å². The fourth-order valence-corrected chi connectivity index (χ4v) is 2.90. The Morgan fingerprint density at radius 2 is 1.95 bits per heavy atom. The summed E-state index contributed by atoms with van der Waals surface area (Å²) in [5, 5.41) is 6.56. The Morgan fingerprint density at radius 3 is 2.58 bits per heavy atom. The molecule has 19 heavy (non-hydrogen) atoms. The van der Waals surface area contributed by atoms with Gasteiger partial charge in [-0.1, -0.05) is 13.8 Å². The summed E-state index contributed by atoms with van der Waals surface area (Å²) in [6.45, 7) is 4.64. The number of nitrogens with zero attached hydrogens (tertiary/aromatic N) is 2. The zero-order valence-electron chi connectivity index (χ0n) is 12.2. The predicted molar refractivity (Wildman–Crippen MR) is 77.7 cm³/mol. The van der Waals surface area contributed by atoms with Crippen LogP contribution in [0.4, 0.5) is 11.6 Å². The van der Waals surface area contributed by atoms with E-state index >= 15 is 0 Å². The fourth-order valence-electron chi connectivity index (χ4n) is 2.90. The molecular weight excluding hydrogens is 240 g/mol. The predicted octanol–water partition coefficient (Wildman–Crippen LogP) is 2.76. The maximum Gasteiger partial charge on any atom is 0.204 e.